The van der Waals surface area contributed by atoms with Crippen molar-refractivity contribution in [3.05, 3.63) is 29.8 Å². The normalized spacial score (nSPS) is 20.3. The number of hydrogen-bond donors (Lipinski definition) is 0. The van der Waals surface area contributed by atoms with Crippen LogP contribution in [0.25, 0.3) is 0 Å². The van der Waals surface area contributed by atoms with E-state index >= 15 is 0 Å². The molecule has 0 amide bonds. The maximum Gasteiger partial charge on any atom is 0.389 e. The molecule has 160 valence electrons. The van der Waals surface area contributed by atoms with Crippen LogP contribution in [-0.4, -0.2) is 12.8 Å². The van der Waals surface area contributed by atoms with E-state index in [0.717, 1.165) is 44.5 Å². The van der Waals surface area contributed by atoms with Gasteiger partial charge in [0.25, 0.3) is 0 Å². The monoisotopic (exact) mass is 398 g/mol. The molecular formula is C24H37F3O. The van der Waals surface area contributed by atoms with Crippen molar-refractivity contribution in [2.24, 2.45) is 5.92 Å². The first-order chi connectivity index (χ1) is 13.5. The molecule has 0 N–H and O–H groups in total. The first-order valence-electron chi connectivity index (χ1n) is 11.3. The highest BCUT2D eigenvalue weighted by molar-refractivity contribution is 5.29. The molecule has 1 aliphatic carbocycles. The van der Waals surface area contributed by atoms with Gasteiger partial charge in [0.2, 0.25) is 0 Å². The molecule has 0 bridgehead atoms. The van der Waals surface area contributed by atoms with Crippen LogP contribution >= 0.6 is 0 Å². The van der Waals surface area contributed by atoms with Crippen LogP contribution in [0.4, 0.5) is 13.2 Å². The van der Waals surface area contributed by atoms with E-state index in [-0.39, 0.29) is 5.92 Å². The number of unbranched alkanes of at least 4 members (excludes halogenated alkanes) is 6. The van der Waals surface area contributed by atoms with Crippen molar-refractivity contribution in [1.82, 2.24) is 0 Å². The fourth-order valence-corrected chi connectivity index (χ4v) is 4.24. The number of benzene rings is 1. The Morgan fingerprint density at radius 3 is 2.07 bits per heavy atom. The summed E-state index contributed by atoms with van der Waals surface area (Å²) in [5, 5.41) is 0. The molecule has 28 heavy (non-hydrogen) atoms. The highest BCUT2D eigenvalue weighted by atomic mass is 19.4. The Balaban J connectivity index is 1.61. The summed E-state index contributed by atoms with van der Waals surface area (Å²) in [6.45, 7) is 3.01. The first kappa shape index (κ1) is 23.1. The third kappa shape index (κ3) is 9.34. The van der Waals surface area contributed by atoms with Crippen LogP contribution in [0.5, 0.6) is 5.75 Å². The fraction of sp³-hybridized carbons (Fsp3) is 0.750. The molecule has 1 saturated carbocycles. The molecule has 4 heteroatoms. The van der Waals surface area contributed by atoms with Gasteiger partial charge in [0.15, 0.2) is 0 Å². The van der Waals surface area contributed by atoms with Gasteiger partial charge in [-0.1, -0.05) is 57.6 Å². The highest BCUT2D eigenvalue weighted by Crippen LogP contribution is 2.39. The van der Waals surface area contributed by atoms with E-state index in [0.29, 0.717) is 12.3 Å². The van der Waals surface area contributed by atoms with Gasteiger partial charge in [0, 0.05) is 6.42 Å². The van der Waals surface area contributed by atoms with Crippen LogP contribution in [0.2, 0.25) is 0 Å². The summed E-state index contributed by atoms with van der Waals surface area (Å²) in [5.41, 5.74) is 1.30. The summed E-state index contributed by atoms with van der Waals surface area (Å²) in [7, 11) is 0. The summed E-state index contributed by atoms with van der Waals surface area (Å²) >= 11 is 0. The van der Waals surface area contributed by atoms with Crippen molar-refractivity contribution < 1.29 is 17.9 Å². The second kappa shape index (κ2) is 12.4. The van der Waals surface area contributed by atoms with E-state index in [4.69, 9.17) is 4.74 Å². The minimum absolute atomic E-state index is 0.238. The quantitative estimate of drug-likeness (QED) is 0.321. The van der Waals surface area contributed by atoms with E-state index in [1.165, 1.54) is 44.1 Å². The Kier molecular flexibility index (Phi) is 10.2. The molecule has 0 heterocycles. The van der Waals surface area contributed by atoms with Crippen LogP contribution in [-0.2, 0) is 0 Å². The van der Waals surface area contributed by atoms with Gasteiger partial charge < -0.3 is 4.74 Å². The number of alkyl halides is 3. The summed E-state index contributed by atoms with van der Waals surface area (Å²) in [5.74, 6) is 1.65. The number of hydrogen-bond acceptors (Lipinski definition) is 1. The Hall–Kier alpha value is -1.19. The minimum atomic E-state index is -4.01. The summed E-state index contributed by atoms with van der Waals surface area (Å²) < 4.78 is 43.0. The van der Waals surface area contributed by atoms with Crippen molar-refractivity contribution >= 4 is 0 Å². The van der Waals surface area contributed by atoms with E-state index in [2.05, 4.69) is 19.1 Å². The molecule has 1 nitrogen and oxygen atoms in total. The molecule has 0 aliphatic heterocycles. The van der Waals surface area contributed by atoms with Crippen LogP contribution in [0.1, 0.15) is 102 Å². The molecule has 0 spiro atoms. The van der Waals surface area contributed by atoms with E-state index in [1.54, 1.807) is 0 Å². The Morgan fingerprint density at radius 1 is 0.857 bits per heavy atom. The van der Waals surface area contributed by atoms with E-state index < -0.39 is 12.6 Å². The van der Waals surface area contributed by atoms with Gasteiger partial charge in [0.1, 0.15) is 5.75 Å². The van der Waals surface area contributed by atoms with Crippen LogP contribution in [0.15, 0.2) is 24.3 Å². The lowest BCUT2D eigenvalue weighted by Gasteiger charge is -2.29. The average Bonchev–Trinajstić information content (AvgIpc) is 2.69. The average molecular weight is 399 g/mol. The molecule has 1 aliphatic rings. The Bertz CT molecular complexity index is 516. The molecule has 1 aromatic rings. The van der Waals surface area contributed by atoms with Crippen molar-refractivity contribution in [3.63, 3.8) is 0 Å². The van der Waals surface area contributed by atoms with Gasteiger partial charge in [-0.15, -0.1) is 0 Å². The zero-order valence-electron chi connectivity index (χ0n) is 17.4. The molecule has 1 fully saturated rings. The van der Waals surface area contributed by atoms with Gasteiger partial charge >= 0.3 is 6.18 Å². The third-order valence-electron chi connectivity index (χ3n) is 6.05. The van der Waals surface area contributed by atoms with Crippen LogP contribution in [0, 0.1) is 5.92 Å². The molecule has 0 aromatic heterocycles. The molecule has 0 unspecified atom stereocenters. The van der Waals surface area contributed by atoms with E-state index in [1.807, 2.05) is 12.1 Å². The second-order valence-corrected chi connectivity index (χ2v) is 8.41. The molecule has 0 saturated heterocycles. The van der Waals surface area contributed by atoms with Crippen molar-refractivity contribution in [1.29, 1.82) is 0 Å². The molecular weight excluding hydrogens is 361 g/mol. The smallest absolute Gasteiger partial charge is 0.389 e. The minimum Gasteiger partial charge on any atom is -0.494 e. The summed E-state index contributed by atoms with van der Waals surface area (Å²) in [6, 6.07) is 8.38. The first-order valence-corrected chi connectivity index (χ1v) is 11.3. The maximum atomic E-state index is 12.4. The van der Waals surface area contributed by atoms with Crippen molar-refractivity contribution in [3.8, 4) is 5.75 Å². The van der Waals surface area contributed by atoms with Crippen molar-refractivity contribution in [2.75, 3.05) is 6.61 Å². The highest BCUT2D eigenvalue weighted by Gasteiger charge is 2.30. The van der Waals surface area contributed by atoms with E-state index in [9.17, 15) is 13.2 Å². The summed E-state index contributed by atoms with van der Waals surface area (Å²) in [6.07, 6.45) is 8.44. The van der Waals surface area contributed by atoms with Gasteiger partial charge in [-0.2, -0.15) is 13.2 Å². The maximum absolute atomic E-state index is 12.4. The van der Waals surface area contributed by atoms with Crippen LogP contribution in [0.3, 0.4) is 0 Å². The Labute approximate surface area is 169 Å². The van der Waals surface area contributed by atoms with Crippen LogP contribution < -0.4 is 4.74 Å². The lowest BCUT2D eigenvalue weighted by Crippen LogP contribution is -2.16. The van der Waals surface area contributed by atoms with Crippen molar-refractivity contribution in [2.45, 2.75) is 102 Å². The molecule has 0 radical (unpaired) electrons. The van der Waals surface area contributed by atoms with Gasteiger partial charge in [-0.25, -0.2) is 0 Å². The largest absolute Gasteiger partial charge is 0.494 e. The lowest BCUT2D eigenvalue weighted by atomic mass is 9.77. The standard InChI is InChI=1S/C24H37F3O/c1-2-3-4-5-6-7-8-19-28-23-15-13-22(14-16-23)21-11-9-20(10-12-21)17-18-24(25,26)27/h13-16,20-21H,2-12,17-19H2,1H3/t20-,21-. The molecule has 0 atom stereocenters. The third-order valence-corrected chi connectivity index (χ3v) is 6.05. The SMILES string of the molecule is CCCCCCCCCOc1ccc([C@H]2CC[C@H](CCC(F)(F)F)CC2)cc1. The number of halogens is 3. The molecule has 2 rings (SSSR count). The van der Waals surface area contributed by atoms with Gasteiger partial charge in [-0.05, 0) is 68.1 Å². The fourth-order valence-electron chi connectivity index (χ4n) is 4.24. The topological polar surface area (TPSA) is 9.23 Å². The van der Waals surface area contributed by atoms with Gasteiger partial charge in [0.05, 0.1) is 6.61 Å². The zero-order valence-corrected chi connectivity index (χ0v) is 17.4. The van der Waals surface area contributed by atoms with Gasteiger partial charge in [-0.3, -0.25) is 0 Å². The second-order valence-electron chi connectivity index (χ2n) is 8.41. The predicted molar refractivity (Wildman–Crippen MR) is 110 cm³/mol. The number of rotatable bonds is 12. The zero-order chi connectivity index (χ0) is 20.2. The molecule has 1 aromatic carbocycles. The predicted octanol–water partition coefficient (Wildman–Crippen LogP) is 8.43. The number of ether oxygens (including phenoxy) is 1. The summed E-state index contributed by atoms with van der Waals surface area (Å²) in [4.78, 5) is 0. The Morgan fingerprint density at radius 2 is 1.46 bits per heavy atom. The lowest BCUT2D eigenvalue weighted by molar-refractivity contribution is -0.138.